The average molecular weight is 491 g/mol. The Hall–Kier alpha value is -4.03. The van der Waals surface area contributed by atoms with Gasteiger partial charge in [-0.1, -0.05) is 42.5 Å². The normalized spacial score (nSPS) is 18.7. The number of hydrogen-bond donors (Lipinski definition) is 1. The lowest BCUT2D eigenvalue weighted by Crippen LogP contribution is -2.47. The first-order chi connectivity index (χ1) is 18.0. The van der Waals surface area contributed by atoms with Crippen LogP contribution in [0.4, 0.5) is 5.69 Å². The quantitative estimate of drug-likeness (QED) is 0.420. The third kappa shape index (κ3) is 4.85. The van der Waals surface area contributed by atoms with Crippen molar-refractivity contribution in [3.63, 3.8) is 0 Å². The van der Waals surface area contributed by atoms with E-state index < -0.39 is 0 Å². The summed E-state index contributed by atoms with van der Waals surface area (Å²) in [6, 6.07) is 26.3. The zero-order valence-corrected chi connectivity index (χ0v) is 20.9. The van der Waals surface area contributed by atoms with E-state index in [9.17, 15) is 9.59 Å². The largest absolute Gasteiger partial charge is 0.326 e. The monoisotopic (exact) mass is 490 g/mol. The Labute approximate surface area is 216 Å². The van der Waals surface area contributed by atoms with Gasteiger partial charge >= 0.3 is 0 Å². The van der Waals surface area contributed by atoms with E-state index >= 15 is 0 Å². The molecule has 4 heterocycles. The lowest BCUT2D eigenvalue weighted by atomic mass is 9.80. The Bertz CT molecular complexity index is 1480. The van der Waals surface area contributed by atoms with Gasteiger partial charge in [0.05, 0.1) is 5.69 Å². The molecule has 6 heteroatoms. The van der Waals surface area contributed by atoms with Crippen LogP contribution in [0.1, 0.15) is 30.5 Å². The number of fused-ring (bicyclic) bond motifs is 4. The second-order valence-corrected chi connectivity index (χ2v) is 10.2. The van der Waals surface area contributed by atoms with Gasteiger partial charge < -0.3 is 9.88 Å². The average Bonchev–Trinajstić information content (AvgIpc) is 2.90. The van der Waals surface area contributed by atoms with Gasteiger partial charge in [0.1, 0.15) is 0 Å². The Kier molecular flexibility index (Phi) is 6.18. The molecule has 6 rings (SSSR count). The number of nitrogens with one attached hydrogen (secondary N) is 1. The van der Waals surface area contributed by atoms with Crippen LogP contribution in [0.25, 0.3) is 22.4 Å². The van der Waals surface area contributed by atoms with E-state index in [1.807, 2.05) is 59.3 Å². The standard InChI is InChI=1S/C31H30N4O2/c1-21(36)33-27-11-9-24(10-12-27)28-13-14-30(37)35-19-23-16-26(31(28)35)20-34(18-23)17-22-5-7-25(8-6-22)29-4-2-3-15-32-29/h2-15,23,26H,16-20H2,1H3,(H,33,36). The molecule has 1 saturated heterocycles. The van der Waals surface area contributed by atoms with Crippen molar-refractivity contribution >= 4 is 11.6 Å². The second-order valence-electron chi connectivity index (χ2n) is 10.2. The molecule has 2 bridgehead atoms. The smallest absolute Gasteiger partial charge is 0.250 e. The zero-order valence-electron chi connectivity index (χ0n) is 20.9. The van der Waals surface area contributed by atoms with Crippen LogP contribution in [0, 0.1) is 5.92 Å². The molecular formula is C31H30N4O2. The van der Waals surface area contributed by atoms with Crippen LogP contribution in [0.5, 0.6) is 0 Å². The van der Waals surface area contributed by atoms with Gasteiger partial charge in [-0.3, -0.25) is 19.5 Å². The fourth-order valence-electron chi connectivity index (χ4n) is 6.00. The summed E-state index contributed by atoms with van der Waals surface area (Å²) in [5, 5.41) is 2.83. The lowest BCUT2D eigenvalue weighted by molar-refractivity contribution is -0.114. The minimum atomic E-state index is -0.0869. The number of piperidine rings is 1. The van der Waals surface area contributed by atoms with Gasteiger partial charge in [-0.05, 0) is 53.8 Å². The molecule has 186 valence electrons. The summed E-state index contributed by atoms with van der Waals surface area (Å²) in [6.45, 7) is 5.10. The molecule has 2 aromatic heterocycles. The molecule has 0 aliphatic carbocycles. The Morgan fingerprint density at radius 3 is 2.43 bits per heavy atom. The van der Waals surface area contributed by atoms with Gasteiger partial charge in [-0.2, -0.15) is 0 Å². The summed E-state index contributed by atoms with van der Waals surface area (Å²) in [5.41, 5.74) is 7.59. The molecule has 2 unspecified atom stereocenters. The Morgan fingerprint density at radius 2 is 1.70 bits per heavy atom. The minimum Gasteiger partial charge on any atom is -0.326 e. The summed E-state index contributed by atoms with van der Waals surface area (Å²) in [5.74, 6) is 0.685. The van der Waals surface area contributed by atoms with Crippen LogP contribution in [0.15, 0.2) is 89.9 Å². The minimum absolute atomic E-state index is 0.0851. The van der Waals surface area contributed by atoms with Crippen molar-refractivity contribution in [3.8, 4) is 22.4 Å². The van der Waals surface area contributed by atoms with E-state index in [2.05, 4.69) is 39.5 Å². The molecule has 4 aromatic rings. The molecular weight excluding hydrogens is 460 g/mol. The van der Waals surface area contributed by atoms with Crippen molar-refractivity contribution in [3.05, 3.63) is 107 Å². The highest BCUT2D eigenvalue weighted by molar-refractivity contribution is 5.89. The number of rotatable bonds is 5. The first-order valence-electron chi connectivity index (χ1n) is 12.9. The third-order valence-electron chi connectivity index (χ3n) is 7.50. The SMILES string of the molecule is CC(=O)Nc1ccc(-c2ccc(=O)n3c2C2CC(CN(Cc4ccc(-c5ccccn5)cc4)C2)C3)cc1. The summed E-state index contributed by atoms with van der Waals surface area (Å²) < 4.78 is 2.01. The first kappa shape index (κ1) is 23.4. The maximum Gasteiger partial charge on any atom is 0.250 e. The molecule has 37 heavy (non-hydrogen) atoms. The van der Waals surface area contributed by atoms with Gasteiger partial charge in [0.25, 0.3) is 5.56 Å². The predicted octanol–water partition coefficient (Wildman–Crippen LogP) is 5.16. The fraction of sp³-hybridized carbons (Fsp3) is 0.258. The molecule has 2 aliphatic heterocycles. The zero-order chi connectivity index (χ0) is 25.4. The number of benzene rings is 2. The van der Waals surface area contributed by atoms with E-state index in [0.717, 1.165) is 66.4 Å². The number of anilines is 1. The van der Waals surface area contributed by atoms with Gasteiger partial charge in [-0.15, -0.1) is 0 Å². The topological polar surface area (TPSA) is 67.2 Å². The number of hydrogen-bond acceptors (Lipinski definition) is 4. The second kappa shape index (κ2) is 9.79. The van der Waals surface area contributed by atoms with Crippen molar-refractivity contribution in [2.24, 2.45) is 5.92 Å². The number of aromatic nitrogens is 2. The molecule has 0 spiro atoms. The van der Waals surface area contributed by atoms with Crippen LogP contribution in [-0.4, -0.2) is 33.4 Å². The van der Waals surface area contributed by atoms with Crippen molar-refractivity contribution in [2.75, 3.05) is 18.4 Å². The summed E-state index contributed by atoms with van der Waals surface area (Å²) in [4.78, 5) is 31.3. The Balaban J connectivity index is 1.24. The highest BCUT2D eigenvalue weighted by Crippen LogP contribution is 2.40. The number of carbonyl (C=O) groups is 1. The summed E-state index contributed by atoms with van der Waals surface area (Å²) >= 11 is 0. The van der Waals surface area contributed by atoms with Crippen molar-refractivity contribution < 1.29 is 4.79 Å². The molecule has 0 radical (unpaired) electrons. The molecule has 6 nitrogen and oxygen atoms in total. The Morgan fingerprint density at radius 1 is 0.919 bits per heavy atom. The molecule has 1 amide bonds. The summed E-state index contributed by atoms with van der Waals surface area (Å²) in [6.07, 6.45) is 2.93. The van der Waals surface area contributed by atoms with Crippen LogP contribution >= 0.6 is 0 Å². The molecule has 1 N–H and O–H groups in total. The van der Waals surface area contributed by atoms with Crippen LogP contribution in [0.2, 0.25) is 0 Å². The van der Waals surface area contributed by atoms with Crippen molar-refractivity contribution in [1.82, 2.24) is 14.5 Å². The molecule has 2 aliphatic rings. The maximum absolute atomic E-state index is 12.9. The van der Waals surface area contributed by atoms with E-state index in [1.165, 1.54) is 12.5 Å². The molecule has 0 saturated carbocycles. The van der Waals surface area contributed by atoms with E-state index in [-0.39, 0.29) is 11.5 Å². The van der Waals surface area contributed by atoms with Crippen LogP contribution < -0.4 is 10.9 Å². The number of carbonyl (C=O) groups excluding carboxylic acids is 1. The predicted molar refractivity (Wildman–Crippen MR) is 146 cm³/mol. The highest BCUT2D eigenvalue weighted by Gasteiger charge is 2.36. The number of amides is 1. The van der Waals surface area contributed by atoms with Crippen molar-refractivity contribution in [1.29, 1.82) is 0 Å². The molecule has 2 atom stereocenters. The van der Waals surface area contributed by atoms with E-state index in [1.54, 1.807) is 6.07 Å². The van der Waals surface area contributed by atoms with Crippen LogP contribution in [0.3, 0.4) is 0 Å². The first-order valence-corrected chi connectivity index (χ1v) is 12.9. The highest BCUT2D eigenvalue weighted by atomic mass is 16.1. The van der Waals surface area contributed by atoms with Crippen molar-refractivity contribution in [2.45, 2.75) is 32.4 Å². The maximum atomic E-state index is 12.9. The fourth-order valence-corrected chi connectivity index (χ4v) is 6.00. The third-order valence-corrected chi connectivity index (χ3v) is 7.50. The lowest BCUT2D eigenvalue weighted by Gasteiger charge is -2.43. The number of pyridine rings is 2. The summed E-state index contributed by atoms with van der Waals surface area (Å²) in [7, 11) is 0. The molecule has 2 aromatic carbocycles. The van der Waals surface area contributed by atoms with Gasteiger partial charge in [0.15, 0.2) is 0 Å². The van der Waals surface area contributed by atoms with Gasteiger partial charge in [0.2, 0.25) is 5.91 Å². The van der Waals surface area contributed by atoms with Gasteiger partial charge in [0, 0.05) is 73.8 Å². The number of nitrogens with zero attached hydrogens (tertiary/aromatic N) is 3. The van der Waals surface area contributed by atoms with Crippen LogP contribution in [-0.2, 0) is 17.9 Å². The van der Waals surface area contributed by atoms with E-state index in [0.29, 0.717) is 11.8 Å². The van der Waals surface area contributed by atoms with Gasteiger partial charge in [-0.25, -0.2) is 0 Å². The van der Waals surface area contributed by atoms with E-state index in [4.69, 9.17) is 0 Å². The molecule has 1 fully saturated rings. The number of likely N-dealkylation sites (tertiary alicyclic amines) is 1.